The molecule has 0 radical (unpaired) electrons. The third kappa shape index (κ3) is 4.72. The smallest absolute Gasteiger partial charge is 0.293 e. The van der Waals surface area contributed by atoms with Crippen LogP contribution in [0.1, 0.15) is 31.7 Å². The van der Waals surface area contributed by atoms with E-state index in [0.29, 0.717) is 11.4 Å². The van der Waals surface area contributed by atoms with Crippen LogP contribution in [0.25, 0.3) is 0 Å². The molecule has 2 aromatic rings. The van der Waals surface area contributed by atoms with E-state index in [9.17, 15) is 19.5 Å². The Hall–Kier alpha value is -2.80. The molecule has 1 atom stereocenters. The molecular weight excluding hydrogens is 376 g/mol. The molecule has 0 saturated carbocycles. The summed E-state index contributed by atoms with van der Waals surface area (Å²) in [6, 6.07) is 13.5. The van der Waals surface area contributed by atoms with E-state index in [1.807, 2.05) is 12.1 Å². The van der Waals surface area contributed by atoms with Crippen LogP contribution in [0.4, 0.5) is 16.2 Å². The summed E-state index contributed by atoms with van der Waals surface area (Å²) in [5.41, 5.74) is 2.22. The molecule has 28 heavy (non-hydrogen) atoms. The van der Waals surface area contributed by atoms with Gasteiger partial charge in [0.15, 0.2) is 0 Å². The number of nitrogens with zero attached hydrogens (tertiary/aromatic N) is 1. The van der Waals surface area contributed by atoms with Gasteiger partial charge in [0.05, 0.1) is 5.69 Å². The second-order valence-electron chi connectivity index (χ2n) is 6.62. The number of aryl methyl sites for hydroxylation is 1. The molecule has 0 aliphatic carbocycles. The fraction of sp³-hybridized carbons (Fsp3) is 0.286. The van der Waals surface area contributed by atoms with E-state index in [1.54, 1.807) is 24.3 Å². The lowest BCUT2D eigenvalue weighted by molar-refractivity contribution is -0.121. The number of carbonyl (C=O) groups excluding carboxylic acids is 3. The standard InChI is InChI=1S/C21H22N2O4S/c1-2-3-4-14-5-9-16(10-6-14)23-20(26)18(28-21(23)27)13-19(25)22-15-7-11-17(24)12-8-15/h5-12,18,24H,2-4,13H2,1H3,(H,22,25). The van der Waals surface area contributed by atoms with E-state index < -0.39 is 5.25 Å². The Morgan fingerprint density at radius 3 is 2.43 bits per heavy atom. The van der Waals surface area contributed by atoms with E-state index in [1.165, 1.54) is 17.7 Å². The Bertz CT molecular complexity index is 865. The Morgan fingerprint density at radius 1 is 1.11 bits per heavy atom. The lowest BCUT2D eigenvalue weighted by Gasteiger charge is -2.14. The molecule has 0 bridgehead atoms. The van der Waals surface area contributed by atoms with Crippen LogP contribution in [0.2, 0.25) is 0 Å². The van der Waals surface area contributed by atoms with Crippen LogP contribution >= 0.6 is 11.8 Å². The van der Waals surface area contributed by atoms with Gasteiger partial charge in [-0.1, -0.05) is 25.5 Å². The summed E-state index contributed by atoms with van der Waals surface area (Å²) in [5, 5.41) is 10.8. The first-order chi connectivity index (χ1) is 13.5. The van der Waals surface area contributed by atoms with E-state index >= 15 is 0 Å². The maximum atomic E-state index is 12.7. The molecule has 1 aliphatic heterocycles. The lowest BCUT2D eigenvalue weighted by atomic mass is 10.1. The molecule has 2 aromatic carbocycles. The Kier molecular flexibility index (Phi) is 6.36. The van der Waals surface area contributed by atoms with Crippen molar-refractivity contribution in [3.8, 4) is 5.75 Å². The highest BCUT2D eigenvalue weighted by molar-refractivity contribution is 8.15. The number of hydrogen-bond acceptors (Lipinski definition) is 5. The SMILES string of the molecule is CCCCc1ccc(N2C(=O)SC(CC(=O)Nc3ccc(O)cc3)C2=O)cc1. The predicted molar refractivity (Wildman–Crippen MR) is 111 cm³/mol. The van der Waals surface area contributed by atoms with Gasteiger partial charge in [-0.3, -0.25) is 14.4 Å². The van der Waals surface area contributed by atoms with E-state index in [-0.39, 0.29) is 29.2 Å². The Labute approximate surface area is 167 Å². The number of anilines is 2. The van der Waals surface area contributed by atoms with Gasteiger partial charge in [-0.15, -0.1) is 0 Å². The van der Waals surface area contributed by atoms with Gasteiger partial charge in [0.1, 0.15) is 11.0 Å². The number of hydrogen-bond donors (Lipinski definition) is 2. The molecule has 7 heteroatoms. The monoisotopic (exact) mass is 398 g/mol. The maximum absolute atomic E-state index is 12.7. The van der Waals surface area contributed by atoms with Crippen LogP contribution in [0.5, 0.6) is 5.75 Å². The van der Waals surface area contributed by atoms with Crippen molar-refractivity contribution in [1.29, 1.82) is 0 Å². The number of phenols is 1. The lowest BCUT2D eigenvalue weighted by Crippen LogP contribution is -2.32. The summed E-state index contributed by atoms with van der Waals surface area (Å²) in [4.78, 5) is 38.4. The average molecular weight is 398 g/mol. The number of aromatic hydroxyl groups is 1. The van der Waals surface area contributed by atoms with Crippen LogP contribution in [0.3, 0.4) is 0 Å². The molecule has 3 rings (SSSR count). The zero-order valence-corrected chi connectivity index (χ0v) is 16.4. The fourth-order valence-corrected chi connectivity index (χ4v) is 3.92. The summed E-state index contributed by atoms with van der Waals surface area (Å²) in [7, 11) is 0. The predicted octanol–water partition coefficient (Wildman–Crippen LogP) is 4.33. The van der Waals surface area contributed by atoms with Crippen LogP contribution in [-0.4, -0.2) is 27.4 Å². The Balaban J connectivity index is 1.62. The van der Waals surface area contributed by atoms with E-state index in [0.717, 1.165) is 35.9 Å². The highest BCUT2D eigenvalue weighted by Gasteiger charge is 2.41. The van der Waals surface area contributed by atoms with Crippen molar-refractivity contribution in [1.82, 2.24) is 0 Å². The number of amides is 3. The minimum absolute atomic E-state index is 0.0960. The second kappa shape index (κ2) is 8.93. The van der Waals surface area contributed by atoms with Gasteiger partial charge in [0.25, 0.3) is 5.24 Å². The molecule has 1 fully saturated rings. The molecule has 1 saturated heterocycles. The number of unbranched alkanes of at least 4 members (excludes halogenated alkanes) is 1. The number of benzene rings is 2. The maximum Gasteiger partial charge on any atom is 0.293 e. The molecule has 1 aliphatic rings. The van der Waals surface area contributed by atoms with Gasteiger partial charge in [-0.2, -0.15) is 0 Å². The number of rotatable bonds is 7. The van der Waals surface area contributed by atoms with Crippen molar-refractivity contribution in [2.24, 2.45) is 0 Å². The zero-order valence-electron chi connectivity index (χ0n) is 15.6. The average Bonchev–Trinajstić information content (AvgIpc) is 2.95. The van der Waals surface area contributed by atoms with Crippen LogP contribution in [0.15, 0.2) is 48.5 Å². The largest absolute Gasteiger partial charge is 0.508 e. The summed E-state index contributed by atoms with van der Waals surface area (Å²) in [6.07, 6.45) is 3.07. The highest BCUT2D eigenvalue weighted by atomic mass is 32.2. The summed E-state index contributed by atoms with van der Waals surface area (Å²) in [6.45, 7) is 2.13. The van der Waals surface area contributed by atoms with Crippen molar-refractivity contribution in [2.75, 3.05) is 10.2 Å². The number of imide groups is 1. The molecule has 1 unspecified atom stereocenters. The van der Waals surface area contributed by atoms with Crippen LogP contribution in [-0.2, 0) is 16.0 Å². The van der Waals surface area contributed by atoms with Gasteiger partial charge in [-0.05, 0) is 66.6 Å². The second-order valence-corrected chi connectivity index (χ2v) is 7.77. The van der Waals surface area contributed by atoms with Gasteiger partial charge >= 0.3 is 0 Å². The van der Waals surface area contributed by atoms with Crippen molar-refractivity contribution in [2.45, 2.75) is 37.9 Å². The minimum Gasteiger partial charge on any atom is -0.508 e. The van der Waals surface area contributed by atoms with Crippen molar-refractivity contribution in [3.63, 3.8) is 0 Å². The molecular formula is C21H22N2O4S. The van der Waals surface area contributed by atoms with Crippen LogP contribution < -0.4 is 10.2 Å². The zero-order chi connectivity index (χ0) is 20.1. The summed E-state index contributed by atoms with van der Waals surface area (Å²) >= 11 is 0.873. The molecule has 1 heterocycles. The number of phenolic OH excluding ortho intramolecular Hbond substituents is 1. The van der Waals surface area contributed by atoms with Crippen molar-refractivity contribution in [3.05, 3.63) is 54.1 Å². The molecule has 0 aromatic heterocycles. The van der Waals surface area contributed by atoms with Gasteiger partial charge in [-0.25, -0.2) is 4.90 Å². The van der Waals surface area contributed by atoms with Crippen LogP contribution in [0, 0.1) is 0 Å². The fourth-order valence-electron chi connectivity index (χ4n) is 2.94. The number of carbonyl (C=O) groups is 3. The number of nitrogens with one attached hydrogen (secondary N) is 1. The third-order valence-corrected chi connectivity index (χ3v) is 5.49. The minimum atomic E-state index is -0.746. The molecule has 146 valence electrons. The Morgan fingerprint density at radius 2 is 1.79 bits per heavy atom. The van der Waals surface area contributed by atoms with Gasteiger partial charge in [0, 0.05) is 12.1 Å². The van der Waals surface area contributed by atoms with Crippen molar-refractivity contribution >= 4 is 40.2 Å². The normalized spacial score (nSPS) is 16.5. The highest BCUT2D eigenvalue weighted by Crippen LogP contribution is 2.33. The van der Waals surface area contributed by atoms with Crippen molar-refractivity contribution < 1.29 is 19.5 Å². The quantitative estimate of drug-likeness (QED) is 0.678. The molecule has 2 N–H and O–H groups in total. The summed E-state index contributed by atoms with van der Waals surface area (Å²) in [5.74, 6) is -0.639. The summed E-state index contributed by atoms with van der Waals surface area (Å²) < 4.78 is 0. The molecule has 6 nitrogen and oxygen atoms in total. The first-order valence-corrected chi connectivity index (χ1v) is 10.1. The third-order valence-electron chi connectivity index (χ3n) is 4.46. The molecule has 0 spiro atoms. The van der Waals surface area contributed by atoms with E-state index in [4.69, 9.17) is 0 Å². The van der Waals surface area contributed by atoms with Gasteiger partial charge < -0.3 is 10.4 Å². The number of thioether (sulfide) groups is 1. The topological polar surface area (TPSA) is 86.7 Å². The van der Waals surface area contributed by atoms with Gasteiger partial charge in [0.2, 0.25) is 11.8 Å². The first kappa shape index (κ1) is 19.9. The molecule has 3 amide bonds. The van der Waals surface area contributed by atoms with E-state index in [2.05, 4.69) is 12.2 Å². The first-order valence-electron chi connectivity index (χ1n) is 9.20.